The molecule has 0 spiro atoms. The van der Waals surface area contributed by atoms with E-state index in [1.165, 1.54) is 5.56 Å². The molecule has 0 aliphatic carbocycles. The number of sulfonamides is 1. The van der Waals surface area contributed by atoms with Crippen LogP contribution in [0.3, 0.4) is 0 Å². The molecule has 6 nitrogen and oxygen atoms in total. The molecule has 0 unspecified atom stereocenters. The number of nitrogens with zero attached hydrogens (tertiary/aromatic N) is 3. The van der Waals surface area contributed by atoms with Crippen LogP contribution < -0.4 is 0 Å². The van der Waals surface area contributed by atoms with Crippen molar-refractivity contribution in [3.8, 4) is 0 Å². The van der Waals surface area contributed by atoms with E-state index in [4.69, 9.17) is 0 Å². The Kier molecular flexibility index (Phi) is 7.24. The summed E-state index contributed by atoms with van der Waals surface area (Å²) < 4.78 is 30.0. The Morgan fingerprint density at radius 1 is 1.06 bits per heavy atom. The second kappa shape index (κ2) is 9.55. The molecule has 0 radical (unpaired) electrons. The van der Waals surface area contributed by atoms with Gasteiger partial charge in [-0.05, 0) is 36.3 Å². The molecular weight excluding hydrogens is 410 g/mol. The minimum atomic E-state index is -3.74. The highest BCUT2D eigenvalue weighted by atomic mass is 32.2. The van der Waals surface area contributed by atoms with Gasteiger partial charge >= 0.3 is 0 Å². The van der Waals surface area contributed by atoms with Crippen LogP contribution in [0.5, 0.6) is 0 Å². The minimum absolute atomic E-state index is 0.190. The van der Waals surface area contributed by atoms with Gasteiger partial charge in [0.2, 0.25) is 5.91 Å². The third kappa shape index (κ3) is 5.20. The Hall–Kier alpha value is -2.15. The van der Waals surface area contributed by atoms with Crippen molar-refractivity contribution in [3.63, 3.8) is 0 Å². The summed E-state index contributed by atoms with van der Waals surface area (Å²) in [6.45, 7) is 12.9. The van der Waals surface area contributed by atoms with Gasteiger partial charge in [-0.1, -0.05) is 58.4 Å². The van der Waals surface area contributed by atoms with Gasteiger partial charge in [-0.25, -0.2) is 0 Å². The summed E-state index contributed by atoms with van der Waals surface area (Å²) in [5, 5.41) is 0. The SMILES string of the molecule is CC[C@H](C)CC(=O)N1CCCN(C2=NS(=O)(=O)C(c3ccc(C(C)C)cc3)=C2C)CC1. The van der Waals surface area contributed by atoms with Gasteiger partial charge in [0, 0.05) is 38.2 Å². The zero-order valence-corrected chi connectivity index (χ0v) is 20.2. The zero-order chi connectivity index (χ0) is 22.8. The smallest absolute Gasteiger partial charge is 0.285 e. The zero-order valence-electron chi connectivity index (χ0n) is 19.4. The Morgan fingerprint density at radius 3 is 2.35 bits per heavy atom. The van der Waals surface area contributed by atoms with E-state index in [2.05, 4.69) is 32.1 Å². The van der Waals surface area contributed by atoms with E-state index >= 15 is 0 Å². The maximum Gasteiger partial charge on any atom is 0.285 e. The van der Waals surface area contributed by atoms with Crippen molar-refractivity contribution in [2.45, 2.75) is 59.8 Å². The maximum absolute atomic E-state index is 12.9. The third-order valence-electron chi connectivity index (χ3n) is 6.35. The number of hydrogen-bond acceptors (Lipinski definition) is 4. The summed E-state index contributed by atoms with van der Waals surface area (Å²) >= 11 is 0. The first-order chi connectivity index (χ1) is 14.6. The normalized spacial score (nSPS) is 20.1. The highest BCUT2D eigenvalue weighted by Gasteiger charge is 2.34. The van der Waals surface area contributed by atoms with Crippen LogP contribution in [0.25, 0.3) is 4.91 Å². The van der Waals surface area contributed by atoms with Gasteiger partial charge in [0.15, 0.2) is 0 Å². The van der Waals surface area contributed by atoms with Crippen LogP contribution >= 0.6 is 0 Å². The van der Waals surface area contributed by atoms with E-state index in [9.17, 15) is 13.2 Å². The molecular formula is C24H35N3O3S. The van der Waals surface area contributed by atoms with Crippen molar-refractivity contribution in [2.24, 2.45) is 10.3 Å². The summed E-state index contributed by atoms with van der Waals surface area (Å²) in [5.41, 5.74) is 2.55. The fraction of sp³-hybridized carbons (Fsp3) is 0.583. The second-order valence-corrected chi connectivity index (χ2v) is 10.6. The van der Waals surface area contributed by atoms with Crippen LogP contribution in [-0.2, 0) is 14.8 Å². The average molecular weight is 446 g/mol. The van der Waals surface area contributed by atoms with Crippen molar-refractivity contribution in [1.29, 1.82) is 0 Å². The van der Waals surface area contributed by atoms with Crippen LogP contribution in [0, 0.1) is 5.92 Å². The highest BCUT2D eigenvalue weighted by Crippen LogP contribution is 2.34. The lowest BCUT2D eigenvalue weighted by Gasteiger charge is -2.24. The van der Waals surface area contributed by atoms with Crippen LogP contribution in [-0.4, -0.2) is 56.1 Å². The van der Waals surface area contributed by atoms with E-state index in [-0.39, 0.29) is 5.91 Å². The lowest BCUT2D eigenvalue weighted by Crippen LogP contribution is -2.37. The third-order valence-corrected chi connectivity index (χ3v) is 7.82. The van der Waals surface area contributed by atoms with Crippen LogP contribution in [0.2, 0.25) is 0 Å². The Labute approximate surface area is 187 Å². The Bertz CT molecular complexity index is 978. The molecule has 2 aliphatic rings. The number of carbonyl (C=O) groups is 1. The van der Waals surface area contributed by atoms with Crippen molar-refractivity contribution < 1.29 is 13.2 Å². The van der Waals surface area contributed by atoms with Gasteiger partial charge < -0.3 is 9.80 Å². The van der Waals surface area contributed by atoms with Crippen LogP contribution in [0.4, 0.5) is 0 Å². The molecule has 1 fully saturated rings. The molecule has 2 heterocycles. The lowest BCUT2D eigenvalue weighted by atomic mass is 10.0. The summed E-state index contributed by atoms with van der Waals surface area (Å²) in [6, 6.07) is 7.73. The molecule has 1 atom stereocenters. The quantitative estimate of drug-likeness (QED) is 0.679. The van der Waals surface area contributed by atoms with Crippen molar-refractivity contribution in [1.82, 2.24) is 9.80 Å². The number of carbonyl (C=O) groups excluding carboxylic acids is 1. The Morgan fingerprint density at radius 2 is 1.74 bits per heavy atom. The van der Waals surface area contributed by atoms with E-state index in [1.807, 2.05) is 41.0 Å². The summed E-state index contributed by atoms with van der Waals surface area (Å²) in [6.07, 6.45) is 2.36. The number of rotatable bonds is 5. The predicted octanol–water partition coefficient (Wildman–Crippen LogP) is 4.25. The lowest BCUT2D eigenvalue weighted by molar-refractivity contribution is -0.131. The van der Waals surface area contributed by atoms with E-state index in [0.717, 1.165) is 12.8 Å². The molecule has 1 aromatic rings. The first-order valence-corrected chi connectivity index (χ1v) is 12.8. The molecule has 31 heavy (non-hydrogen) atoms. The van der Waals surface area contributed by atoms with Gasteiger partial charge in [0.05, 0.1) is 0 Å². The molecule has 1 saturated heterocycles. The number of amidine groups is 1. The molecule has 7 heteroatoms. The van der Waals surface area contributed by atoms with Gasteiger partial charge in [0.1, 0.15) is 10.7 Å². The molecule has 170 valence electrons. The minimum Gasteiger partial charge on any atom is -0.354 e. The van der Waals surface area contributed by atoms with Crippen LogP contribution in [0.1, 0.15) is 70.9 Å². The molecule has 1 amide bonds. The first-order valence-electron chi connectivity index (χ1n) is 11.3. The van der Waals surface area contributed by atoms with Crippen molar-refractivity contribution >= 4 is 26.7 Å². The molecule has 0 aromatic heterocycles. The van der Waals surface area contributed by atoms with Crippen molar-refractivity contribution in [3.05, 3.63) is 41.0 Å². The molecule has 0 bridgehead atoms. The highest BCUT2D eigenvalue weighted by molar-refractivity contribution is 8.00. The second-order valence-electron chi connectivity index (χ2n) is 9.06. The van der Waals surface area contributed by atoms with Crippen LogP contribution in [0.15, 0.2) is 34.2 Å². The number of benzene rings is 1. The van der Waals surface area contributed by atoms with Gasteiger partial charge in [0.25, 0.3) is 10.0 Å². The van der Waals surface area contributed by atoms with Crippen molar-refractivity contribution in [2.75, 3.05) is 26.2 Å². The molecule has 0 N–H and O–H groups in total. The number of amides is 1. The fourth-order valence-electron chi connectivity index (χ4n) is 4.15. The molecule has 0 saturated carbocycles. The largest absolute Gasteiger partial charge is 0.354 e. The summed E-state index contributed by atoms with van der Waals surface area (Å²) in [7, 11) is -3.74. The molecule has 3 rings (SSSR count). The predicted molar refractivity (Wildman–Crippen MR) is 126 cm³/mol. The van der Waals surface area contributed by atoms with E-state index in [1.54, 1.807) is 0 Å². The van der Waals surface area contributed by atoms with E-state index in [0.29, 0.717) is 66.3 Å². The maximum atomic E-state index is 12.9. The monoisotopic (exact) mass is 445 g/mol. The molecule has 2 aliphatic heterocycles. The first kappa shape index (κ1) is 23.5. The summed E-state index contributed by atoms with van der Waals surface area (Å²) in [5.74, 6) is 1.49. The molecule has 1 aromatic carbocycles. The van der Waals surface area contributed by atoms with Gasteiger partial charge in [-0.3, -0.25) is 4.79 Å². The fourth-order valence-corrected chi connectivity index (χ4v) is 5.64. The average Bonchev–Trinajstić information content (AvgIpc) is 2.88. The standard InChI is InChI=1S/C24H35N3O3S/c1-6-18(4)16-22(28)26-12-7-13-27(15-14-26)24-19(5)23(31(29,30)25-24)21-10-8-20(9-11-21)17(2)3/h8-11,17-18H,6-7,12-16H2,1-5H3/t18-/m0/s1. The Balaban J connectivity index is 1.79. The van der Waals surface area contributed by atoms with Gasteiger partial charge in [-0.15, -0.1) is 4.40 Å². The summed E-state index contributed by atoms with van der Waals surface area (Å²) in [4.78, 5) is 16.8. The topological polar surface area (TPSA) is 70.1 Å². The van der Waals surface area contributed by atoms with E-state index < -0.39 is 10.0 Å². The number of hydrogen-bond donors (Lipinski definition) is 0. The van der Waals surface area contributed by atoms with Gasteiger partial charge in [-0.2, -0.15) is 8.42 Å².